The van der Waals surface area contributed by atoms with Crippen molar-refractivity contribution in [1.82, 2.24) is 5.32 Å². The summed E-state index contributed by atoms with van der Waals surface area (Å²) < 4.78 is 23.0. The van der Waals surface area contributed by atoms with Crippen molar-refractivity contribution >= 4 is 13.7 Å². The summed E-state index contributed by atoms with van der Waals surface area (Å²) in [5.74, 6) is -0.219. The van der Waals surface area contributed by atoms with Crippen molar-refractivity contribution in [2.75, 3.05) is 40.9 Å². The molecule has 1 amide bonds. The molecule has 0 radical (unpaired) electrons. The number of aliphatic hydroxyl groups excluding tert-OH is 1. The van der Waals surface area contributed by atoms with Crippen LogP contribution in [0.5, 0.6) is 0 Å². The SMILES string of the molecule is CCCCCCCCCCCCCC/C=C/CC/C=C/C(O)C(COP(=O)([O-])OCC[N+](C)(C)C)NC(=O)CCCCCCCC. The van der Waals surface area contributed by atoms with Crippen LogP contribution in [0.25, 0.3) is 0 Å². The zero-order chi connectivity index (χ0) is 34.4. The highest BCUT2D eigenvalue weighted by Crippen LogP contribution is 2.38. The number of nitrogens with zero attached hydrogens (tertiary/aromatic N) is 1. The van der Waals surface area contributed by atoms with Gasteiger partial charge in [-0.1, -0.05) is 141 Å². The fourth-order valence-corrected chi connectivity index (χ4v) is 5.83. The van der Waals surface area contributed by atoms with E-state index in [1.807, 2.05) is 27.2 Å². The van der Waals surface area contributed by atoms with E-state index in [1.54, 1.807) is 6.08 Å². The van der Waals surface area contributed by atoms with Gasteiger partial charge < -0.3 is 28.8 Å². The molecule has 0 aliphatic carbocycles. The summed E-state index contributed by atoms with van der Waals surface area (Å²) in [5.41, 5.74) is 0. The number of hydrogen-bond donors (Lipinski definition) is 2. The Morgan fingerprint density at radius 1 is 0.739 bits per heavy atom. The molecule has 8 nitrogen and oxygen atoms in total. The minimum absolute atomic E-state index is 0.00534. The average molecular weight is 673 g/mol. The number of amides is 1. The third kappa shape index (κ3) is 31.6. The van der Waals surface area contributed by atoms with E-state index in [9.17, 15) is 19.4 Å². The fraction of sp³-hybridized carbons (Fsp3) is 0.865. The molecule has 46 heavy (non-hydrogen) atoms. The molecule has 0 aromatic heterocycles. The Balaban J connectivity index is 4.45. The molecular formula is C37H73N2O6P. The number of quaternary nitrogens is 1. The van der Waals surface area contributed by atoms with Gasteiger partial charge in [-0.05, 0) is 32.1 Å². The Hall–Kier alpha value is -1.02. The van der Waals surface area contributed by atoms with E-state index in [4.69, 9.17) is 9.05 Å². The van der Waals surface area contributed by atoms with Gasteiger partial charge in [-0.3, -0.25) is 9.36 Å². The lowest BCUT2D eigenvalue weighted by atomic mass is 10.0. The van der Waals surface area contributed by atoms with Crippen LogP contribution in [0.2, 0.25) is 0 Å². The topological polar surface area (TPSA) is 108 Å². The quantitative estimate of drug-likeness (QED) is 0.0312. The van der Waals surface area contributed by atoms with Crippen molar-refractivity contribution in [3.63, 3.8) is 0 Å². The highest BCUT2D eigenvalue weighted by atomic mass is 31.2. The first-order chi connectivity index (χ1) is 22.0. The lowest BCUT2D eigenvalue weighted by molar-refractivity contribution is -0.870. The maximum Gasteiger partial charge on any atom is 0.268 e. The highest BCUT2D eigenvalue weighted by molar-refractivity contribution is 7.45. The van der Waals surface area contributed by atoms with E-state index >= 15 is 0 Å². The van der Waals surface area contributed by atoms with Crippen LogP contribution in [0.3, 0.4) is 0 Å². The minimum atomic E-state index is -4.57. The van der Waals surface area contributed by atoms with Gasteiger partial charge in [0.2, 0.25) is 5.91 Å². The zero-order valence-corrected chi connectivity index (χ0v) is 31.4. The zero-order valence-electron chi connectivity index (χ0n) is 30.5. The molecule has 3 unspecified atom stereocenters. The number of hydrogen-bond acceptors (Lipinski definition) is 6. The predicted molar refractivity (Wildman–Crippen MR) is 192 cm³/mol. The van der Waals surface area contributed by atoms with E-state index in [0.717, 1.165) is 38.5 Å². The molecule has 0 fully saturated rings. The van der Waals surface area contributed by atoms with Crippen LogP contribution in [-0.2, 0) is 18.4 Å². The van der Waals surface area contributed by atoms with Crippen molar-refractivity contribution in [3.8, 4) is 0 Å². The fourth-order valence-electron chi connectivity index (χ4n) is 5.11. The van der Waals surface area contributed by atoms with Crippen LogP contribution in [0.4, 0.5) is 0 Å². The summed E-state index contributed by atoms with van der Waals surface area (Å²) in [6.07, 6.45) is 32.5. The number of unbranched alkanes of at least 4 members (excludes halogenated alkanes) is 18. The lowest BCUT2D eigenvalue weighted by Crippen LogP contribution is -2.45. The molecule has 0 aromatic rings. The Morgan fingerprint density at radius 3 is 1.76 bits per heavy atom. The number of phosphoric acid groups is 1. The number of phosphoric ester groups is 1. The van der Waals surface area contributed by atoms with Gasteiger partial charge in [0.05, 0.1) is 39.9 Å². The molecule has 0 saturated heterocycles. The van der Waals surface area contributed by atoms with Crippen LogP contribution in [0.1, 0.15) is 155 Å². The summed E-state index contributed by atoms with van der Waals surface area (Å²) in [6.45, 7) is 4.53. The Kier molecular flexibility index (Phi) is 29.4. The molecule has 0 bridgehead atoms. The number of carbonyl (C=O) groups excluding carboxylic acids is 1. The molecular weight excluding hydrogens is 599 g/mol. The predicted octanol–water partition coefficient (Wildman–Crippen LogP) is 8.77. The van der Waals surface area contributed by atoms with E-state index in [1.165, 1.54) is 96.3 Å². The van der Waals surface area contributed by atoms with E-state index in [-0.39, 0.29) is 12.5 Å². The van der Waals surface area contributed by atoms with Gasteiger partial charge in [-0.25, -0.2) is 0 Å². The largest absolute Gasteiger partial charge is 0.756 e. The van der Waals surface area contributed by atoms with Crippen LogP contribution < -0.4 is 10.2 Å². The first-order valence-corrected chi connectivity index (χ1v) is 20.2. The number of aliphatic hydroxyl groups is 1. The third-order valence-corrected chi connectivity index (χ3v) is 9.13. The minimum Gasteiger partial charge on any atom is -0.756 e. The number of likely N-dealkylation sites (N-methyl/N-ethyl adjacent to an activating group) is 1. The van der Waals surface area contributed by atoms with Gasteiger partial charge in [0.15, 0.2) is 0 Å². The average Bonchev–Trinajstić information content (AvgIpc) is 2.99. The molecule has 9 heteroatoms. The molecule has 0 saturated carbocycles. The van der Waals surface area contributed by atoms with Crippen LogP contribution in [-0.4, -0.2) is 68.5 Å². The van der Waals surface area contributed by atoms with Crippen molar-refractivity contribution in [2.45, 2.75) is 167 Å². The first kappa shape index (κ1) is 45.0. The summed E-state index contributed by atoms with van der Waals surface area (Å²) in [4.78, 5) is 24.9. The lowest BCUT2D eigenvalue weighted by Gasteiger charge is -2.29. The second-order valence-corrected chi connectivity index (χ2v) is 15.3. The van der Waals surface area contributed by atoms with Gasteiger partial charge in [0.25, 0.3) is 7.82 Å². The monoisotopic (exact) mass is 673 g/mol. The van der Waals surface area contributed by atoms with Crippen LogP contribution in [0.15, 0.2) is 24.3 Å². The molecule has 272 valence electrons. The molecule has 0 spiro atoms. The second-order valence-electron chi connectivity index (χ2n) is 13.9. The van der Waals surface area contributed by atoms with E-state index in [2.05, 4.69) is 31.3 Å². The Morgan fingerprint density at radius 2 is 1.22 bits per heavy atom. The van der Waals surface area contributed by atoms with Crippen molar-refractivity contribution in [2.24, 2.45) is 0 Å². The molecule has 0 rings (SSSR count). The van der Waals surface area contributed by atoms with Gasteiger partial charge in [0.1, 0.15) is 13.2 Å². The molecule has 0 aliphatic heterocycles. The number of carbonyl (C=O) groups is 1. The van der Waals surface area contributed by atoms with Gasteiger partial charge in [-0.2, -0.15) is 0 Å². The van der Waals surface area contributed by atoms with Crippen LogP contribution in [0, 0.1) is 0 Å². The third-order valence-electron chi connectivity index (χ3n) is 8.16. The summed E-state index contributed by atoms with van der Waals surface area (Å²) in [6, 6.07) is -0.894. The molecule has 0 heterocycles. The van der Waals surface area contributed by atoms with Crippen LogP contribution >= 0.6 is 7.82 Å². The summed E-state index contributed by atoms with van der Waals surface area (Å²) in [7, 11) is 1.24. The normalized spacial score (nSPS) is 15.0. The number of allylic oxidation sites excluding steroid dienone is 3. The molecule has 0 aliphatic rings. The summed E-state index contributed by atoms with van der Waals surface area (Å²) in [5, 5.41) is 13.6. The molecule has 2 N–H and O–H groups in total. The first-order valence-electron chi connectivity index (χ1n) is 18.7. The number of rotatable bonds is 33. The highest BCUT2D eigenvalue weighted by Gasteiger charge is 2.23. The van der Waals surface area contributed by atoms with Gasteiger partial charge in [-0.15, -0.1) is 0 Å². The standard InChI is InChI=1S/C37H73N2O6P/c1-6-8-10-12-14-15-16-17-18-19-20-21-22-23-24-25-26-28-30-36(40)35(38-37(41)31-29-27-13-11-9-7-2)34-45-46(42,43)44-33-32-39(3,4)5/h23-24,28,30,35-36,40H,6-22,25-27,29,31-34H2,1-5H3,(H-,38,41,42,43)/b24-23+,30-28+. The van der Waals surface area contributed by atoms with E-state index < -0.39 is 26.6 Å². The number of nitrogens with one attached hydrogen (secondary N) is 1. The maximum atomic E-state index is 12.6. The summed E-state index contributed by atoms with van der Waals surface area (Å²) >= 11 is 0. The Labute approximate surface area is 284 Å². The van der Waals surface area contributed by atoms with Gasteiger partial charge >= 0.3 is 0 Å². The molecule has 3 atom stereocenters. The van der Waals surface area contributed by atoms with Crippen molar-refractivity contribution in [1.29, 1.82) is 0 Å². The second kappa shape index (κ2) is 30.1. The van der Waals surface area contributed by atoms with Crippen molar-refractivity contribution < 1.29 is 32.9 Å². The van der Waals surface area contributed by atoms with Gasteiger partial charge in [0, 0.05) is 6.42 Å². The smallest absolute Gasteiger partial charge is 0.268 e. The maximum absolute atomic E-state index is 12.6. The van der Waals surface area contributed by atoms with E-state index in [0.29, 0.717) is 17.4 Å². The molecule has 0 aromatic carbocycles. The Bertz CT molecular complexity index is 814. The van der Waals surface area contributed by atoms with Crippen molar-refractivity contribution in [3.05, 3.63) is 24.3 Å².